The quantitative estimate of drug-likeness (QED) is 0.828. The van der Waals surface area contributed by atoms with Gasteiger partial charge in [-0.05, 0) is 31.7 Å². The minimum Gasteiger partial charge on any atom is -0.373 e. The zero-order valence-electron chi connectivity index (χ0n) is 16.2. The third kappa shape index (κ3) is 4.15. The van der Waals surface area contributed by atoms with E-state index in [1.165, 1.54) is 6.07 Å². The first-order valence-corrected chi connectivity index (χ1v) is 9.95. The molecule has 1 N–H and O–H groups in total. The van der Waals surface area contributed by atoms with E-state index in [0.717, 1.165) is 19.3 Å². The Hall–Kier alpha value is -1.95. The predicted molar refractivity (Wildman–Crippen MR) is 101 cm³/mol. The summed E-state index contributed by atoms with van der Waals surface area (Å²) < 4.78 is 20.0. The van der Waals surface area contributed by atoms with E-state index >= 15 is 0 Å². The molecule has 148 valence electrons. The molecule has 1 saturated carbocycles. The van der Waals surface area contributed by atoms with Crippen LogP contribution >= 0.6 is 0 Å². The van der Waals surface area contributed by atoms with E-state index < -0.39 is 0 Å². The lowest BCUT2D eigenvalue weighted by Crippen LogP contribution is -2.64. The van der Waals surface area contributed by atoms with Gasteiger partial charge in [0.15, 0.2) is 0 Å². The topological polar surface area (TPSA) is 58.6 Å². The molecule has 0 aromatic heterocycles. The van der Waals surface area contributed by atoms with Crippen LogP contribution in [-0.2, 0) is 14.3 Å². The molecule has 2 atom stereocenters. The van der Waals surface area contributed by atoms with Crippen LogP contribution < -0.4 is 5.32 Å². The molecule has 1 heterocycles. The molecule has 0 bridgehead atoms. The molecule has 3 rings (SSSR count). The Morgan fingerprint density at radius 1 is 1.33 bits per heavy atom. The zero-order valence-corrected chi connectivity index (χ0v) is 16.2. The van der Waals surface area contributed by atoms with Gasteiger partial charge in [0, 0.05) is 18.5 Å². The molecule has 2 aliphatic rings. The Morgan fingerprint density at radius 2 is 2.07 bits per heavy atom. The zero-order chi connectivity index (χ0) is 19.4. The Kier molecular flexibility index (Phi) is 6.15. The molecule has 0 radical (unpaired) electrons. The summed E-state index contributed by atoms with van der Waals surface area (Å²) in [4.78, 5) is 26.9. The lowest BCUT2D eigenvalue weighted by Gasteiger charge is -2.54. The van der Waals surface area contributed by atoms with Gasteiger partial charge >= 0.3 is 0 Å². The smallest absolute Gasteiger partial charge is 0.223 e. The molecule has 1 saturated heterocycles. The number of ether oxygens (including phenoxy) is 1. The number of carbonyl (C=O) groups excluding carboxylic acids is 2. The van der Waals surface area contributed by atoms with Crippen LogP contribution in [0.1, 0.15) is 64.0 Å². The fourth-order valence-corrected chi connectivity index (χ4v) is 4.10. The van der Waals surface area contributed by atoms with Crippen molar-refractivity contribution in [3.8, 4) is 0 Å². The van der Waals surface area contributed by atoms with Crippen molar-refractivity contribution < 1.29 is 18.7 Å². The van der Waals surface area contributed by atoms with Gasteiger partial charge in [0.1, 0.15) is 5.82 Å². The van der Waals surface area contributed by atoms with Crippen LogP contribution in [0.5, 0.6) is 0 Å². The molecule has 1 aromatic carbocycles. The predicted octanol–water partition coefficient (Wildman–Crippen LogP) is 3.34. The van der Waals surface area contributed by atoms with Gasteiger partial charge in [-0.3, -0.25) is 9.59 Å². The number of nitrogens with zero attached hydrogens (tertiary/aromatic N) is 1. The first kappa shape index (κ1) is 19.8. The standard InChI is InChI=1S/C21H29FN2O3/c1-3-18(16-8-5-6-9-17(16)22)23-19(25)12-15-13-24(20(26)4-2)21(14-27-15)10-7-11-21/h5-6,8-9,15,18H,3-4,7,10-14H2,1-2H3,(H,23,25)/t15?,18-/m0/s1. The number of nitrogens with one attached hydrogen (secondary N) is 1. The van der Waals surface area contributed by atoms with Crippen molar-refractivity contribution in [3.05, 3.63) is 35.6 Å². The normalized spacial score (nSPS) is 22.2. The van der Waals surface area contributed by atoms with E-state index in [4.69, 9.17) is 4.74 Å². The third-order valence-electron chi connectivity index (χ3n) is 5.87. The second kappa shape index (κ2) is 8.38. The number of morpholine rings is 1. The molecule has 2 amide bonds. The van der Waals surface area contributed by atoms with Gasteiger partial charge in [-0.2, -0.15) is 0 Å². The fourth-order valence-electron chi connectivity index (χ4n) is 4.10. The van der Waals surface area contributed by atoms with Crippen molar-refractivity contribution in [2.45, 2.75) is 70.1 Å². The number of amides is 2. The van der Waals surface area contributed by atoms with Gasteiger partial charge in [0.25, 0.3) is 0 Å². The maximum absolute atomic E-state index is 14.0. The van der Waals surface area contributed by atoms with E-state index in [9.17, 15) is 14.0 Å². The van der Waals surface area contributed by atoms with Crippen LogP contribution in [0, 0.1) is 5.82 Å². The maximum atomic E-state index is 14.0. The summed E-state index contributed by atoms with van der Waals surface area (Å²) in [6, 6.07) is 6.14. The first-order valence-electron chi connectivity index (χ1n) is 9.95. The van der Waals surface area contributed by atoms with Crippen LogP contribution in [-0.4, -0.2) is 41.5 Å². The molecule has 2 fully saturated rings. The Labute approximate surface area is 160 Å². The molecule has 1 aromatic rings. The lowest BCUT2D eigenvalue weighted by molar-refractivity contribution is -0.172. The van der Waals surface area contributed by atoms with E-state index in [1.807, 2.05) is 18.7 Å². The summed E-state index contributed by atoms with van der Waals surface area (Å²) in [5.41, 5.74) is 0.341. The van der Waals surface area contributed by atoms with Crippen LogP contribution in [0.2, 0.25) is 0 Å². The number of hydrogen-bond acceptors (Lipinski definition) is 3. The number of carbonyl (C=O) groups is 2. The Morgan fingerprint density at radius 3 is 2.67 bits per heavy atom. The van der Waals surface area contributed by atoms with Crippen LogP contribution in [0.4, 0.5) is 4.39 Å². The molecule has 5 nitrogen and oxygen atoms in total. The highest BCUT2D eigenvalue weighted by molar-refractivity contribution is 5.78. The van der Waals surface area contributed by atoms with Crippen molar-refractivity contribution in [1.29, 1.82) is 0 Å². The number of benzene rings is 1. The van der Waals surface area contributed by atoms with Gasteiger partial charge in [-0.15, -0.1) is 0 Å². The molecule has 1 aliphatic heterocycles. The third-order valence-corrected chi connectivity index (χ3v) is 5.87. The maximum Gasteiger partial charge on any atom is 0.223 e. The number of rotatable bonds is 6. The largest absolute Gasteiger partial charge is 0.373 e. The molecule has 6 heteroatoms. The minimum atomic E-state index is -0.367. The average molecular weight is 376 g/mol. The second-order valence-electron chi connectivity index (χ2n) is 7.62. The number of hydrogen-bond donors (Lipinski definition) is 1. The average Bonchev–Trinajstić information content (AvgIpc) is 2.64. The minimum absolute atomic E-state index is 0.126. The van der Waals surface area contributed by atoms with Crippen molar-refractivity contribution in [2.75, 3.05) is 13.2 Å². The monoisotopic (exact) mass is 376 g/mol. The second-order valence-corrected chi connectivity index (χ2v) is 7.62. The molecule has 27 heavy (non-hydrogen) atoms. The number of halogens is 1. The van der Waals surface area contributed by atoms with Crippen molar-refractivity contribution in [1.82, 2.24) is 10.2 Å². The SMILES string of the molecule is CCC(=O)N1CC(CC(=O)N[C@@H](CC)c2ccccc2F)OCC12CCC2. The molecular weight excluding hydrogens is 347 g/mol. The summed E-state index contributed by atoms with van der Waals surface area (Å²) in [7, 11) is 0. The summed E-state index contributed by atoms with van der Waals surface area (Å²) in [5, 5.41) is 2.92. The van der Waals surface area contributed by atoms with Crippen molar-refractivity contribution >= 4 is 11.8 Å². The highest BCUT2D eigenvalue weighted by atomic mass is 19.1. The van der Waals surface area contributed by atoms with Gasteiger partial charge in [-0.1, -0.05) is 32.0 Å². The first-order chi connectivity index (χ1) is 13.0. The van der Waals surface area contributed by atoms with E-state index in [1.54, 1.807) is 18.2 Å². The molecule has 1 spiro atoms. The highest BCUT2D eigenvalue weighted by Crippen LogP contribution is 2.41. The summed E-state index contributed by atoms with van der Waals surface area (Å²) >= 11 is 0. The Bertz CT molecular complexity index is 690. The van der Waals surface area contributed by atoms with Crippen molar-refractivity contribution in [2.24, 2.45) is 0 Å². The van der Waals surface area contributed by atoms with Gasteiger partial charge in [0.05, 0.1) is 30.7 Å². The lowest BCUT2D eigenvalue weighted by atomic mass is 9.74. The van der Waals surface area contributed by atoms with E-state index in [2.05, 4.69) is 5.32 Å². The molecule has 1 aliphatic carbocycles. The summed E-state index contributed by atoms with van der Waals surface area (Å²) in [6.45, 7) is 4.74. The van der Waals surface area contributed by atoms with Crippen LogP contribution in [0.15, 0.2) is 24.3 Å². The summed E-state index contributed by atoms with van der Waals surface area (Å²) in [6.07, 6.45) is 3.99. The van der Waals surface area contributed by atoms with Crippen LogP contribution in [0.3, 0.4) is 0 Å². The van der Waals surface area contributed by atoms with Gasteiger partial charge in [-0.25, -0.2) is 4.39 Å². The van der Waals surface area contributed by atoms with E-state index in [0.29, 0.717) is 31.6 Å². The van der Waals surface area contributed by atoms with Gasteiger partial charge < -0.3 is 15.0 Å². The summed E-state index contributed by atoms with van der Waals surface area (Å²) in [5.74, 6) is -0.366. The molecular formula is C21H29FN2O3. The van der Waals surface area contributed by atoms with Crippen molar-refractivity contribution in [3.63, 3.8) is 0 Å². The van der Waals surface area contributed by atoms with Gasteiger partial charge in [0.2, 0.25) is 11.8 Å². The van der Waals surface area contributed by atoms with E-state index in [-0.39, 0.29) is 41.7 Å². The molecule has 1 unspecified atom stereocenters. The highest BCUT2D eigenvalue weighted by Gasteiger charge is 2.48. The fraction of sp³-hybridized carbons (Fsp3) is 0.619. The Balaban J connectivity index is 1.60. The van der Waals surface area contributed by atoms with Crippen LogP contribution in [0.25, 0.3) is 0 Å².